The lowest BCUT2D eigenvalue weighted by Crippen LogP contribution is -2.40. The second-order valence-electron chi connectivity index (χ2n) is 4.87. The van der Waals surface area contributed by atoms with Gasteiger partial charge in [-0.25, -0.2) is 8.42 Å². The molecule has 1 aromatic rings. The first kappa shape index (κ1) is 15.0. The molecule has 1 saturated heterocycles. The number of halogens is 1. The summed E-state index contributed by atoms with van der Waals surface area (Å²) < 4.78 is 25.2. The van der Waals surface area contributed by atoms with Gasteiger partial charge in [-0.1, -0.05) is 15.9 Å². The zero-order valence-electron chi connectivity index (χ0n) is 10.6. The normalized spacial score (nSPS) is 21.5. The summed E-state index contributed by atoms with van der Waals surface area (Å²) in [6.07, 6.45) is 1.43. The highest BCUT2D eigenvalue weighted by molar-refractivity contribution is 9.10. The Morgan fingerprint density at radius 1 is 1.32 bits per heavy atom. The van der Waals surface area contributed by atoms with Crippen LogP contribution in [-0.4, -0.2) is 49.9 Å². The van der Waals surface area contributed by atoms with Crippen molar-refractivity contribution in [2.45, 2.75) is 23.8 Å². The number of nitrogens with zero attached hydrogens (tertiary/aromatic N) is 1. The maximum absolute atomic E-state index is 12.2. The van der Waals surface area contributed by atoms with Crippen LogP contribution in [0.15, 0.2) is 33.6 Å². The van der Waals surface area contributed by atoms with E-state index < -0.39 is 9.84 Å². The van der Waals surface area contributed by atoms with Crippen LogP contribution in [0.2, 0.25) is 0 Å². The molecular formula is C13H18BrNO3S. The van der Waals surface area contributed by atoms with Crippen LogP contribution in [-0.2, 0) is 9.84 Å². The van der Waals surface area contributed by atoms with Crippen LogP contribution >= 0.6 is 15.9 Å². The molecule has 0 amide bonds. The van der Waals surface area contributed by atoms with E-state index in [1.54, 1.807) is 24.3 Å². The molecule has 0 aliphatic carbocycles. The molecule has 1 N–H and O–H groups in total. The van der Waals surface area contributed by atoms with Crippen LogP contribution in [0.4, 0.5) is 0 Å². The Morgan fingerprint density at radius 3 is 2.63 bits per heavy atom. The summed E-state index contributed by atoms with van der Waals surface area (Å²) in [7, 11) is -3.24. The van der Waals surface area contributed by atoms with E-state index in [0.717, 1.165) is 23.9 Å². The number of β-amino-alcohol motifs (C(OH)–C–C–N with tert-alkyl or cyclic N) is 1. The van der Waals surface area contributed by atoms with E-state index in [9.17, 15) is 13.5 Å². The predicted octanol–water partition coefficient (Wildman–Crippen LogP) is 1.68. The largest absolute Gasteiger partial charge is 0.392 e. The molecule has 1 atom stereocenters. The molecule has 0 bridgehead atoms. The first-order valence-corrected chi connectivity index (χ1v) is 8.81. The second-order valence-corrected chi connectivity index (χ2v) is 7.89. The van der Waals surface area contributed by atoms with E-state index in [1.807, 2.05) is 4.90 Å². The van der Waals surface area contributed by atoms with Crippen molar-refractivity contribution >= 4 is 25.8 Å². The summed E-state index contributed by atoms with van der Waals surface area (Å²) in [6, 6.07) is 6.70. The fraction of sp³-hybridized carbons (Fsp3) is 0.538. The Labute approximate surface area is 122 Å². The van der Waals surface area contributed by atoms with Crippen molar-refractivity contribution in [3.05, 3.63) is 28.7 Å². The highest BCUT2D eigenvalue weighted by Crippen LogP contribution is 2.17. The van der Waals surface area contributed by atoms with Gasteiger partial charge in [-0.05, 0) is 43.7 Å². The SMILES string of the molecule is O=S(=O)(CCN1CCC[C@H](O)C1)c1ccc(Br)cc1. The van der Waals surface area contributed by atoms with Crippen LogP contribution < -0.4 is 0 Å². The third-order valence-corrected chi connectivity index (χ3v) is 5.57. The van der Waals surface area contributed by atoms with Gasteiger partial charge in [-0.2, -0.15) is 0 Å². The average molecular weight is 348 g/mol. The maximum atomic E-state index is 12.2. The Balaban J connectivity index is 1.96. The molecule has 2 rings (SSSR count). The zero-order chi connectivity index (χ0) is 13.9. The van der Waals surface area contributed by atoms with E-state index >= 15 is 0 Å². The summed E-state index contributed by atoms with van der Waals surface area (Å²) in [5, 5.41) is 9.56. The van der Waals surface area contributed by atoms with Crippen molar-refractivity contribution in [3.63, 3.8) is 0 Å². The average Bonchev–Trinajstić information content (AvgIpc) is 2.37. The number of sulfone groups is 1. The quantitative estimate of drug-likeness (QED) is 0.900. The molecule has 106 valence electrons. The van der Waals surface area contributed by atoms with Crippen LogP contribution in [0.3, 0.4) is 0 Å². The molecular weight excluding hydrogens is 330 g/mol. The number of piperidine rings is 1. The summed E-state index contributed by atoms with van der Waals surface area (Å²) >= 11 is 3.29. The minimum Gasteiger partial charge on any atom is -0.392 e. The van der Waals surface area contributed by atoms with E-state index in [0.29, 0.717) is 18.0 Å². The van der Waals surface area contributed by atoms with Gasteiger partial charge < -0.3 is 5.11 Å². The molecule has 1 aliphatic rings. The topological polar surface area (TPSA) is 57.6 Å². The van der Waals surface area contributed by atoms with Crippen molar-refractivity contribution < 1.29 is 13.5 Å². The molecule has 19 heavy (non-hydrogen) atoms. The molecule has 0 unspecified atom stereocenters. The summed E-state index contributed by atoms with van der Waals surface area (Å²) in [6.45, 7) is 1.93. The van der Waals surface area contributed by atoms with E-state index in [2.05, 4.69) is 15.9 Å². The summed E-state index contributed by atoms with van der Waals surface area (Å²) in [5.41, 5.74) is 0. The standard InChI is InChI=1S/C13H18BrNO3S/c14-11-3-5-13(6-4-11)19(17,18)9-8-15-7-1-2-12(16)10-15/h3-6,12,16H,1-2,7-10H2/t12-/m0/s1. The van der Waals surface area contributed by atoms with Gasteiger partial charge >= 0.3 is 0 Å². The number of aliphatic hydroxyl groups excluding tert-OH is 1. The molecule has 4 nitrogen and oxygen atoms in total. The van der Waals surface area contributed by atoms with Crippen molar-refractivity contribution in [1.82, 2.24) is 4.90 Å². The van der Waals surface area contributed by atoms with E-state index in [-0.39, 0.29) is 11.9 Å². The molecule has 0 spiro atoms. The molecule has 1 heterocycles. The fourth-order valence-electron chi connectivity index (χ4n) is 2.24. The number of rotatable bonds is 4. The Kier molecular flexibility index (Phi) is 5.00. The molecule has 6 heteroatoms. The third-order valence-electron chi connectivity index (χ3n) is 3.33. The number of benzene rings is 1. The van der Waals surface area contributed by atoms with Crippen LogP contribution in [0.5, 0.6) is 0 Å². The van der Waals surface area contributed by atoms with Crippen LogP contribution in [0.1, 0.15) is 12.8 Å². The lowest BCUT2D eigenvalue weighted by Gasteiger charge is -2.29. The summed E-state index contributed by atoms with van der Waals surface area (Å²) in [5.74, 6) is 0.0986. The van der Waals surface area contributed by atoms with E-state index in [4.69, 9.17) is 0 Å². The van der Waals surface area contributed by atoms with E-state index in [1.165, 1.54) is 0 Å². The highest BCUT2D eigenvalue weighted by atomic mass is 79.9. The molecule has 0 aromatic heterocycles. The smallest absolute Gasteiger partial charge is 0.179 e. The lowest BCUT2D eigenvalue weighted by molar-refractivity contribution is 0.0741. The third kappa shape index (κ3) is 4.27. The first-order valence-electron chi connectivity index (χ1n) is 6.36. The lowest BCUT2D eigenvalue weighted by atomic mass is 10.1. The van der Waals surface area contributed by atoms with Gasteiger partial charge in [0.05, 0.1) is 16.8 Å². The van der Waals surface area contributed by atoms with Gasteiger partial charge in [0.2, 0.25) is 0 Å². The fourth-order valence-corrected chi connectivity index (χ4v) is 3.79. The number of aliphatic hydroxyl groups is 1. The van der Waals surface area contributed by atoms with Gasteiger partial charge in [0.25, 0.3) is 0 Å². The van der Waals surface area contributed by atoms with Gasteiger partial charge in [-0.15, -0.1) is 0 Å². The Hall–Kier alpha value is -0.430. The summed E-state index contributed by atoms with van der Waals surface area (Å²) in [4.78, 5) is 2.37. The van der Waals surface area contributed by atoms with Crippen LogP contribution in [0.25, 0.3) is 0 Å². The number of hydrogen-bond acceptors (Lipinski definition) is 4. The van der Waals surface area contributed by atoms with Gasteiger partial charge in [0.1, 0.15) is 0 Å². The maximum Gasteiger partial charge on any atom is 0.179 e. The van der Waals surface area contributed by atoms with Gasteiger partial charge in [0, 0.05) is 17.6 Å². The minimum atomic E-state index is -3.24. The molecule has 0 radical (unpaired) electrons. The molecule has 0 saturated carbocycles. The van der Waals surface area contributed by atoms with Crippen molar-refractivity contribution in [1.29, 1.82) is 0 Å². The first-order chi connectivity index (χ1) is 8.97. The number of likely N-dealkylation sites (tertiary alicyclic amines) is 1. The molecule has 1 aromatic carbocycles. The second kappa shape index (κ2) is 6.35. The van der Waals surface area contributed by atoms with Crippen molar-refractivity contribution in [2.75, 3.05) is 25.4 Å². The predicted molar refractivity (Wildman–Crippen MR) is 77.9 cm³/mol. The highest BCUT2D eigenvalue weighted by Gasteiger charge is 2.20. The molecule has 1 fully saturated rings. The Morgan fingerprint density at radius 2 is 2.00 bits per heavy atom. The Bertz CT molecular complexity index is 515. The minimum absolute atomic E-state index is 0.0986. The van der Waals surface area contributed by atoms with Gasteiger partial charge in [0.15, 0.2) is 9.84 Å². The molecule has 1 aliphatic heterocycles. The van der Waals surface area contributed by atoms with Crippen molar-refractivity contribution in [3.8, 4) is 0 Å². The zero-order valence-corrected chi connectivity index (χ0v) is 13.0. The van der Waals surface area contributed by atoms with Crippen molar-refractivity contribution in [2.24, 2.45) is 0 Å². The van der Waals surface area contributed by atoms with Crippen LogP contribution in [0, 0.1) is 0 Å². The van der Waals surface area contributed by atoms with Gasteiger partial charge in [-0.3, -0.25) is 4.90 Å². The monoisotopic (exact) mass is 347 g/mol. The number of hydrogen-bond donors (Lipinski definition) is 1.